The quantitative estimate of drug-likeness (QED) is 0.354. The van der Waals surface area contributed by atoms with Crippen LogP contribution in [0.25, 0.3) is 0 Å². The van der Waals surface area contributed by atoms with Gasteiger partial charge in [-0.15, -0.1) is 5.98 Å². The Labute approximate surface area is 77.7 Å². The SMILES string of the molecule is CCOC(=O)C(=O)CC1=CC=CB1. The van der Waals surface area contributed by atoms with Gasteiger partial charge in [-0.1, -0.05) is 17.6 Å². The van der Waals surface area contributed by atoms with Crippen LogP contribution in [0.5, 0.6) is 0 Å². The highest BCUT2D eigenvalue weighted by atomic mass is 16.5. The highest BCUT2D eigenvalue weighted by Crippen LogP contribution is 2.07. The molecular weight excluding hydrogens is 167 g/mol. The van der Waals surface area contributed by atoms with Gasteiger partial charge in [-0.3, -0.25) is 4.79 Å². The van der Waals surface area contributed by atoms with Crippen molar-refractivity contribution in [3.63, 3.8) is 0 Å². The summed E-state index contributed by atoms with van der Waals surface area (Å²) in [4.78, 5) is 22.1. The van der Waals surface area contributed by atoms with Gasteiger partial charge in [-0.25, -0.2) is 4.79 Å². The van der Waals surface area contributed by atoms with E-state index in [0.717, 1.165) is 12.8 Å². The molecule has 1 rings (SSSR count). The smallest absolute Gasteiger partial charge is 0.374 e. The van der Waals surface area contributed by atoms with Crippen molar-refractivity contribution in [2.75, 3.05) is 6.61 Å². The Morgan fingerprint density at radius 1 is 1.54 bits per heavy atom. The fourth-order valence-corrected chi connectivity index (χ4v) is 1.11. The molecule has 0 amide bonds. The van der Waals surface area contributed by atoms with Crippen LogP contribution in [0.2, 0.25) is 0 Å². The molecule has 0 saturated heterocycles. The number of ketones is 1. The first-order valence-electron chi connectivity index (χ1n) is 4.28. The van der Waals surface area contributed by atoms with Gasteiger partial charge >= 0.3 is 5.97 Å². The Bertz CT molecular complexity index is 279. The van der Waals surface area contributed by atoms with Crippen LogP contribution in [0.4, 0.5) is 0 Å². The second-order valence-electron chi connectivity index (χ2n) is 2.78. The van der Waals surface area contributed by atoms with E-state index in [2.05, 4.69) is 4.74 Å². The maximum absolute atomic E-state index is 11.1. The molecule has 0 saturated carbocycles. The van der Waals surface area contributed by atoms with Gasteiger partial charge in [0.1, 0.15) is 0 Å². The number of carbonyl (C=O) groups is 2. The number of hydrogen-bond acceptors (Lipinski definition) is 3. The molecule has 0 aromatic carbocycles. The third-order valence-electron chi connectivity index (χ3n) is 1.74. The standard InChI is InChI=1S/C9H11BO3/c1-2-13-9(12)8(11)6-7-4-3-5-10-7/h3-5,10H,2,6H2,1H3. The molecule has 0 aliphatic carbocycles. The van der Waals surface area contributed by atoms with Gasteiger partial charge in [0.25, 0.3) is 0 Å². The van der Waals surface area contributed by atoms with Crippen LogP contribution in [0.15, 0.2) is 23.6 Å². The summed E-state index contributed by atoms with van der Waals surface area (Å²) in [6.45, 7) is 1.93. The average Bonchev–Trinajstić information content (AvgIpc) is 2.57. The van der Waals surface area contributed by atoms with E-state index in [9.17, 15) is 9.59 Å². The zero-order chi connectivity index (χ0) is 9.68. The highest BCUT2D eigenvalue weighted by Gasteiger charge is 2.16. The summed E-state index contributed by atoms with van der Waals surface area (Å²) in [5.74, 6) is 0.764. The second kappa shape index (κ2) is 4.65. The molecule has 0 spiro atoms. The zero-order valence-electron chi connectivity index (χ0n) is 7.58. The van der Waals surface area contributed by atoms with E-state index in [1.165, 1.54) is 0 Å². The van der Waals surface area contributed by atoms with Crippen molar-refractivity contribution >= 4 is 19.0 Å². The highest BCUT2D eigenvalue weighted by molar-refractivity contribution is 6.54. The number of esters is 1. The largest absolute Gasteiger partial charge is 0.460 e. The second-order valence-corrected chi connectivity index (χ2v) is 2.78. The summed E-state index contributed by atoms with van der Waals surface area (Å²) in [7, 11) is 0.769. The van der Waals surface area contributed by atoms with Crippen molar-refractivity contribution in [2.45, 2.75) is 13.3 Å². The average molecular weight is 178 g/mol. The fourth-order valence-electron chi connectivity index (χ4n) is 1.11. The lowest BCUT2D eigenvalue weighted by Crippen LogP contribution is -2.18. The van der Waals surface area contributed by atoms with E-state index in [-0.39, 0.29) is 13.0 Å². The molecule has 0 aromatic rings. The molecular formula is C9H11BO3. The van der Waals surface area contributed by atoms with Crippen molar-refractivity contribution in [3.8, 4) is 0 Å². The van der Waals surface area contributed by atoms with Crippen LogP contribution in [0, 0.1) is 0 Å². The van der Waals surface area contributed by atoms with Gasteiger partial charge in [0.2, 0.25) is 5.78 Å². The van der Waals surface area contributed by atoms with Crippen LogP contribution < -0.4 is 0 Å². The molecule has 0 fully saturated rings. The summed E-state index contributed by atoms with van der Waals surface area (Å²) in [5, 5.41) is 0. The minimum atomic E-state index is -0.727. The van der Waals surface area contributed by atoms with Crippen LogP contribution in [-0.4, -0.2) is 25.6 Å². The van der Waals surface area contributed by atoms with Gasteiger partial charge in [0.15, 0.2) is 7.28 Å². The molecule has 1 aliphatic rings. The maximum atomic E-state index is 11.1. The lowest BCUT2D eigenvalue weighted by molar-refractivity contribution is -0.153. The van der Waals surface area contributed by atoms with Crippen molar-refractivity contribution in [1.29, 1.82) is 0 Å². The Kier molecular flexibility index (Phi) is 3.49. The third kappa shape index (κ3) is 2.90. The molecule has 4 heteroatoms. The number of Topliss-reactive ketones (excluding diaryl/α,β-unsaturated/α-hetero) is 1. The van der Waals surface area contributed by atoms with E-state index in [1.807, 2.05) is 18.1 Å². The first kappa shape index (κ1) is 9.77. The molecule has 1 aliphatic heterocycles. The minimum Gasteiger partial charge on any atom is -0.460 e. The first-order valence-corrected chi connectivity index (χ1v) is 4.28. The predicted octanol–water partition coefficient (Wildman–Crippen LogP) is 0.356. The molecule has 0 radical (unpaired) electrons. The topological polar surface area (TPSA) is 43.4 Å². The fraction of sp³-hybridized carbons (Fsp3) is 0.333. The maximum Gasteiger partial charge on any atom is 0.374 e. The third-order valence-corrected chi connectivity index (χ3v) is 1.74. The van der Waals surface area contributed by atoms with E-state index < -0.39 is 11.8 Å². The summed E-state index contributed by atoms with van der Waals surface area (Å²) in [5.41, 5.74) is 0.970. The Balaban J connectivity index is 2.37. The van der Waals surface area contributed by atoms with E-state index in [0.29, 0.717) is 0 Å². The lowest BCUT2D eigenvalue weighted by atomic mass is 9.71. The van der Waals surface area contributed by atoms with Gasteiger partial charge in [-0.05, 0) is 6.92 Å². The predicted molar refractivity (Wildman–Crippen MR) is 50.6 cm³/mol. The van der Waals surface area contributed by atoms with Gasteiger partial charge < -0.3 is 4.74 Å². The van der Waals surface area contributed by atoms with Gasteiger partial charge in [0, 0.05) is 6.42 Å². The molecule has 0 N–H and O–H groups in total. The number of rotatable bonds is 4. The minimum absolute atomic E-state index is 0.186. The van der Waals surface area contributed by atoms with E-state index in [1.54, 1.807) is 6.92 Å². The molecule has 13 heavy (non-hydrogen) atoms. The van der Waals surface area contributed by atoms with Gasteiger partial charge in [-0.2, -0.15) is 0 Å². The molecule has 1 heterocycles. The van der Waals surface area contributed by atoms with Crippen molar-refractivity contribution in [3.05, 3.63) is 23.6 Å². The Morgan fingerprint density at radius 2 is 2.31 bits per heavy atom. The molecule has 68 valence electrons. The zero-order valence-corrected chi connectivity index (χ0v) is 7.58. The molecule has 0 bridgehead atoms. The van der Waals surface area contributed by atoms with Crippen LogP contribution >= 0.6 is 0 Å². The molecule has 3 nitrogen and oxygen atoms in total. The molecule has 0 unspecified atom stereocenters. The number of hydrogen-bond donors (Lipinski definition) is 0. The van der Waals surface area contributed by atoms with Crippen LogP contribution in [0.3, 0.4) is 0 Å². The van der Waals surface area contributed by atoms with Crippen molar-refractivity contribution in [1.82, 2.24) is 0 Å². The lowest BCUT2D eigenvalue weighted by Gasteiger charge is -2.00. The van der Waals surface area contributed by atoms with E-state index >= 15 is 0 Å². The van der Waals surface area contributed by atoms with Gasteiger partial charge in [0.05, 0.1) is 6.61 Å². The summed E-state index contributed by atoms with van der Waals surface area (Å²) >= 11 is 0. The van der Waals surface area contributed by atoms with Crippen molar-refractivity contribution < 1.29 is 14.3 Å². The molecule has 0 atom stereocenters. The monoisotopic (exact) mass is 178 g/mol. The summed E-state index contributed by atoms with van der Waals surface area (Å²) in [6.07, 6.45) is 3.93. The summed E-state index contributed by atoms with van der Waals surface area (Å²) < 4.78 is 4.58. The number of allylic oxidation sites excluding steroid dienone is 3. The normalized spacial score (nSPS) is 13.5. The number of carbonyl (C=O) groups excluding carboxylic acids is 2. The van der Waals surface area contributed by atoms with E-state index in [4.69, 9.17) is 0 Å². The first-order chi connectivity index (χ1) is 6.24. The summed E-state index contributed by atoms with van der Waals surface area (Å²) in [6, 6.07) is 0. The Hall–Kier alpha value is -1.32. The Morgan fingerprint density at radius 3 is 2.85 bits per heavy atom. The van der Waals surface area contributed by atoms with Crippen LogP contribution in [0.1, 0.15) is 13.3 Å². The van der Waals surface area contributed by atoms with Crippen LogP contribution in [-0.2, 0) is 14.3 Å². The van der Waals surface area contributed by atoms with Crippen molar-refractivity contribution in [2.24, 2.45) is 0 Å². The number of ether oxygens (including phenoxy) is 1. The molecule has 0 aromatic heterocycles.